The van der Waals surface area contributed by atoms with Gasteiger partial charge in [0.2, 0.25) is 0 Å². The number of carbonyl (C=O) groups excluding carboxylic acids is 2. The molecule has 112 valence electrons. The molecule has 4 heteroatoms. The first-order chi connectivity index (χ1) is 10.7. The van der Waals surface area contributed by atoms with Crippen LogP contribution >= 0.6 is 0 Å². The Morgan fingerprint density at radius 1 is 1.09 bits per heavy atom. The Morgan fingerprint density at radius 3 is 2.64 bits per heavy atom. The van der Waals surface area contributed by atoms with Crippen LogP contribution in [0.1, 0.15) is 22.8 Å². The summed E-state index contributed by atoms with van der Waals surface area (Å²) < 4.78 is 5.58. The number of fused-ring (bicyclic) bond motifs is 1. The Bertz CT molecular complexity index is 724. The van der Waals surface area contributed by atoms with Crippen molar-refractivity contribution in [1.82, 2.24) is 0 Å². The summed E-state index contributed by atoms with van der Waals surface area (Å²) in [6, 6.07) is 14.9. The number of anilines is 1. The van der Waals surface area contributed by atoms with E-state index < -0.39 is 0 Å². The molecule has 2 aromatic rings. The van der Waals surface area contributed by atoms with Gasteiger partial charge in [-0.1, -0.05) is 30.3 Å². The third-order valence-corrected chi connectivity index (χ3v) is 3.81. The van der Waals surface area contributed by atoms with Crippen LogP contribution < -0.4 is 9.64 Å². The molecule has 0 saturated heterocycles. The zero-order valence-electron chi connectivity index (χ0n) is 12.4. The molecule has 0 aromatic heterocycles. The highest BCUT2D eigenvalue weighted by Crippen LogP contribution is 2.27. The van der Waals surface area contributed by atoms with Crippen LogP contribution in [0.4, 0.5) is 5.69 Å². The third kappa shape index (κ3) is 2.72. The van der Waals surface area contributed by atoms with Gasteiger partial charge in [0, 0.05) is 12.2 Å². The lowest BCUT2D eigenvalue weighted by Crippen LogP contribution is -2.33. The molecule has 0 atom stereocenters. The molecular weight excluding hydrogens is 278 g/mol. The number of ketones is 1. The highest BCUT2D eigenvalue weighted by molar-refractivity contribution is 5.98. The van der Waals surface area contributed by atoms with Gasteiger partial charge in [0.05, 0.1) is 5.56 Å². The second kappa shape index (κ2) is 6.02. The van der Waals surface area contributed by atoms with Gasteiger partial charge >= 0.3 is 0 Å². The van der Waals surface area contributed by atoms with Gasteiger partial charge in [-0.3, -0.25) is 9.59 Å². The molecule has 0 radical (unpaired) electrons. The van der Waals surface area contributed by atoms with Crippen LogP contribution in [0.25, 0.3) is 0 Å². The van der Waals surface area contributed by atoms with E-state index in [0.29, 0.717) is 17.9 Å². The van der Waals surface area contributed by atoms with Gasteiger partial charge in [0.25, 0.3) is 5.91 Å². The van der Waals surface area contributed by atoms with Crippen molar-refractivity contribution in [2.45, 2.75) is 13.3 Å². The smallest absolute Gasteiger partial charge is 0.264 e. The SMILES string of the molecule is CC(=O)c1ccccc1OCC(=O)N1CCc2ccccc21. The number of benzene rings is 2. The third-order valence-electron chi connectivity index (χ3n) is 3.81. The number of carbonyl (C=O) groups is 2. The van der Waals surface area contributed by atoms with E-state index in [1.165, 1.54) is 12.5 Å². The summed E-state index contributed by atoms with van der Waals surface area (Å²) in [6.07, 6.45) is 0.867. The van der Waals surface area contributed by atoms with Crippen LogP contribution in [0, 0.1) is 0 Å². The van der Waals surface area contributed by atoms with Crippen LogP contribution in [-0.2, 0) is 11.2 Å². The molecule has 0 N–H and O–H groups in total. The van der Waals surface area contributed by atoms with E-state index in [2.05, 4.69) is 0 Å². The van der Waals surface area contributed by atoms with Gasteiger partial charge in [-0.2, -0.15) is 0 Å². The van der Waals surface area contributed by atoms with Gasteiger partial charge in [-0.25, -0.2) is 0 Å². The quantitative estimate of drug-likeness (QED) is 0.815. The molecule has 0 spiro atoms. The van der Waals surface area contributed by atoms with Crippen molar-refractivity contribution in [1.29, 1.82) is 0 Å². The van der Waals surface area contributed by atoms with E-state index in [1.807, 2.05) is 24.3 Å². The summed E-state index contributed by atoms with van der Waals surface area (Å²) in [5, 5.41) is 0. The molecule has 2 aromatic carbocycles. The number of rotatable bonds is 4. The number of hydrogen-bond acceptors (Lipinski definition) is 3. The Morgan fingerprint density at radius 2 is 1.82 bits per heavy atom. The van der Waals surface area contributed by atoms with Crippen LogP contribution in [0.3, 0.4) is 0 Å². The van der Waals surface area contributed by atoms with E-state index >= 15 is 0 Å². The fourth-order valence-electron chi connectivity index (χ4n) is 2.70. The maximum absolute atomic E-state index is 12.4. The molecule has 0 aliphatic carbocycles. The number of ether oxygens (including phenoxy) is 1. The first-order valence-corrected chi connectivity index (χ1v) is 7.28. The lowest BCUT2D eigenvalue weighted by molar-refractivity contribution is -0.120. The maximum atomic E-state index is 12.4. The summed E-state index contributed by atoms with van der Waals surface area (Å²) in [5.74, 6) is 0.286. The average Bonchev–Trinajstić information content (AvgIpc) is 2.97. The summed E-state index contributed by atoms with van der Waals surface area (Å²) in [5.41, 5.74) is 2.63. The molecule has 4 nitrogen and oxygen atoms in total. The molecule has 1 aliphatic heterocycles. The van der Waals surface area contributed by atoms with E-state index in [0.717, 1.165) is 12.1 Å². The van der Waals surface area contributed by atoms with Crippen molar-refractivity contribution < 1.29 is 14.3 Å². The molecule has 0 fully saturated rings. The van der Waals surface area contributed by atoms with Gasteiger partial charge in [-0.05, 0) is 37.1 Å². The number of Topliss-reactive ketones (excluding diaryl/α,β-unsaturated/α-hetero) is 1. The number of para-hydroxylation sites is 2. The Kier molecular flexibility index (Phi) is 3.92. The van der Waals surface area contributed by atoms with Gasteiger partial charge in [0.15, 0.2) is 12.4 Å². The zero-order valence-corrected chi connectivity index (χ0v) is 12.4. The van der Waals surface area contributed by atoms with Crippen LogP contribution in [-0.4, -0.2) is 24.8 Å². The first-order valence-electron chi connectivity index (χ1n) is 7.28. The van der Waals surface area contributed by atoms with E-state index in [4.69, 9.17) is 4.74 Å². The zero-order chi connectivity index (χ0) is 15.5. The summed E-state index contributed by atoms with van der Waals surface area (Å²) in [4.78, 5) is 25.7. The summed E-state index contributed by atoms with van der Waals surface area (Å²) >= 11 is 0. The minimum absolute atomic E-state index is 0.0708. The normalized spacial score (nSPS) is 12.9. The van der Waals surface area contributed by atoms with E-state index in [-0.39, 0.29) is 18.3 Å². The Hall–Kier alpha value is -2.62. The molecule has 1 heterocycles. The fourth-order valence-corrected chi connectivity index (χ4v) is 2.70. The highest BCUT2D eigenvalue weighted by Gasteiger charge is 2.24. The molecule has 0 unspecified atom stereocenters. The monoisotopic (exact) mass is 295 g/mol. The lowest BCUT2D eigenvalue weighted by atomic mass is 10.1. The van der Waals surface area contributed by atoms with Crippen molar-refractivity contribution in [3.05, 3.63) is 59.7 Å². The predicted octanol–water partition coefficient (Wildman–Crippen LogP) is 2.86. The molecule has 3 rings (SSSR count). The van der Waals surface area contributed by atoms with Crippen LogP contribution in [0.2, 0.25) is 0 Å². The Balaban J connectivity index is 1.71. The first kappa shape index (κ1) is 14.3. The standard InChI is InChI=1S/C18H17NO3/c1-13(20)15-7-3-5-9-17(15)22-12-18(21)19-11-10-14-6-2-4-8-16(14)19/h2-9H,10-12H2,1H3. The molecule has 1 aliphatic rings. The molecule has 0 saturated carbocycles. The average molecular weight is 295 g/mol. The maximum Gasteiger partial charge on any atom is 0.264 e. The van der Waals surface area contributed by atoms with Crippen LogP contribution in [0.5, 0.6) is 5.75 Å². The van der Waals surface area contributed by atoms with Crippen molar-refractivity contribution in [2.75, 3.05) is 18.1 Å². The molecule has 22 heavy (non-hydrogen) atoms. The minimum Gasteiger partial charge on any atom is -0.483 e. The van der Waals surface area contributed by atoms with Crippen molar-refractivity contribution in [2.24, 2.45) is 0 Å². The number of hydrogen-bond donors (Lipinski definition) is 0. The molecule has 1 amide bonds. The minimum atomic E-state index is -0.0942. The molecule has 0 bridgehead atoms. The van der Waals surface area contributed by atoms with Crippen molar-refractivity contribution in [3.63, 3.8) is 0 Å². The van der Waals surface area contributed by atoms with Crippen LogP contribution in [0.15, 0.2) is 48.5 Å². The second-order valence-corrected chi connectivity index (χ2v) is 5.27. The number of nitrogens with zero attached hydrogens (tertiary/aromatic N) is 1. The van der Waals surface area contributed by atoms with E-state index in [9.17, 15) is 9.59 Å². The topological polar surface area (TPSA) is 46.6 Å². The summed E-state index contributed by atoms with van der Waals surface area (Å²) in [6.45, 7) is 2.09. The second-order valence-electron chi connectivity index (χ2n) is 5.27. The highest BCUT2D eigenvalue weighted by atomic mass is 16.5. The van der Waals surface area contributed by atoms with Gasteiger partial charge in [0.1, 0.15) is 5.75 Å². The predicted molar refractivity (Wildman–Crippen MR) is 84.4 cm³/mol. The Labute approximate surface area is 129 Å². The van der Waals surface area contributed by atoms with Gasteiger partial charge < -0.3 is 9.64 Å². The number of amides is 1. The van der Waals surface area contributed by atoms with Gasteiger partial charge in [-0.15, -0.1) is 0 Å². The largest absolute Gasteiger partial charge is 0.483 e. The fraction of sp³-hybridized carbons (Fsp3) is 0.222. The van der Waals surface area contributed by atoms with Crippen molar-refractivity contribution >= 4 is 17.4 Å². The molecular formula is C18H17NO3. The van der Waals surface area contributed by atoms with Crippen molar-refractivity contribution in [3.8, 4) is 5.75 Å². The van der Waals surface area contributed by atoms with E-state index in [1.54, 1.807) is 29.2 Å². The lowest BCUT2D eigenvalue weighted by Gasteiger charge is -2.18. The summed E-state index contributed by atoms with van der Waals surface area (Å²) in [7, 11) is 0.